The fourth-order valence-electron chi connectivity index (χ4n) is 2.82. The van der Waals surface area contributed by atoms with Crippen molar-refractivity contribution < 1.29 is 9.53 Å². The Morgan fingerprint density at radius 2 is 2.16 bits per heavy atom. The normalized spacial score (nSPS) is 26.6. The molecule has 0 saturated carbocycles. The minimum Gasteiger partial charge on any atom is -0.378 e. The number of amides is 1. The summed E-state index contributed by atoms with van der Waals surface area (Å²) in [5.41, 5.74) is 0. The van der Waals surface area contributed by atoms with Crippen molar-refractivity contribution in [2.75, 3.05) is 32.8 Å². The molecule has 0 aromatic rings. The predicted octanol–water partition coefficient (Wildman–Crippen LogP) is 0.354. The van der Waals surface area contributed by atoms with Crippen molar-refractivity contribution in [3.05, 3.63) is 0 Å². The molecule has 1 atom stereocenters. The molecule has 0 aromatic carbocycles. The van der Waals surface area contributed by atoms with Gasteiger partial charge in [-0.2, -0.15) is 0 Å². The molecule has 1 unspecified atom stereocenters. The number of rotatable bonds is 4. The van der Waals surface area contributed by atoms with Crippen molar-refractivity contribution in [2.24, 2.45) is 0 Å². The first-order chi connectivity index (χ1) is 9.15. The molecule has 0 radical (unpaired) electrons. The molecule has 1 amide bonds. The maximum absolute atomic E-state index is 12.0. The Kier molecular flexibility index (Phi) is 5.60. The first kappa shape index (κ1) is 14.8. The molecule has 110 valence electrons. The van der Waals surface area contributed by atoms with E-state index < -0.39 is 0 Å². The monoisotopic (exact) mass is 269 g/mol. The Bertz CT molecular complexity index is 282. The van der Waals surface area contributed by atoms with E-state index in [9.17, 15) is 4.79 Å². The Morgan fingerprint density at radius 1 is 1.42 bits per heavy atom. The molecule has 0 bridgehead atoms. The van der Waals surface area contributed by atoms with Gasteiger partial charge in [-0.1, -0.05) is 0 Å². The van der Waals surface area contributed by atoms with Crippen molar-refractivity contribution in [2.45, 2.75) is 51.2 Å². The number of likely N-dealkylation sites (tertiary alicyclic amines) is 1. The van der Waals surface area contributed by atoms with Gasteiger partial charge in [0.1, 0.15) is 0 Å². The second-order valence-corrected chi connectivity index (χ2v) is 5.90. The summed E-state index contributed by atoms with van der Waals surface area (Å²) in [5, 5.41) is 6.48. The Balaban J connectivity index is 1.65. The van der Waals surface area contributed by atoms with Crippen molar-refractivity contribution >= 4 is 5.91 Å². The minimum absolute atomic E-state index is 0.158. The van der Waals surface area contributed by atoms with Gasteiger partial charge in [0, 0.05) is 44.2 Å². The van der Waals surface area contributed by atoms with E-state index in [2.05, 4.69) is 29.4 Å². The number of nitrogens with zero attached hydrogens (tertiary/aromatic N) is 1. The van der Waals surface area contributed by atoms with Crippen LogP contribution >= 0.6 is 0 Å². The molecule has 5 nitrogen and oxygen atoms in total. The summed E-state index contributed by atoms with van der Waals surface area (Å²) in [6.45, 7) is 8.90. The smallest absolute Gasteiger partial charge is 0.221 e. The molecule has 0 aliphatic carbocycles. The van der Waals surface area contributed by atoms with Gasteiger partial charge in [-0.3, -0.25) is 4.79 Å². The van der Waals surface area contributed by atoms with Crippen LogP contribution in [0.15, 0.2) is 0 Å². The van der Waals surface area contributed by atoms with Crippen LogP contribution < -0.4 is 10.6 Å². The van der Waals surface area contributed by atoms with E-state index in [4.69, 9.17) is 4.74 Å². The summed E-state index contributed by atoms with van der Waals surface area (Å²) in [6, 6.07) is 1.15. The van der Waals surface area contributed by atoms with E-state index in [1.165, 1.54) is 0 Å². The lowest BCUT2D eigenvalue weighted by atomic mass is 10.0. The van der Waals surface area contributed by atoms with E-state index in [1.807, 2.05) is 0 Å². The largest absolute Gasteiger partial charge is 0.378 e. The lowest BCUT2D eigenvalue weighted by Crippen LogP contribution is -2.49. The van der Waals surface area contributed by atoms with Crippen LogP contribution in [0.25, 0.3) is 0 Å². The van der Waals surface area contributed by atoms with E-state index in [0.29, 0.717) is 25.1 Å². The summed E-state index contributed by atoms with van der Waals surface area (Å²) < 4.78 is 5.36. The molecule has 5 heteroatoms. The number of carbonyl (C=O) groups is 1. The first-order valence-corrected chi connectivity index (χ1v) is 7.49. The van der Waals surface area contributed by atoms with E-state index in [1.54, 1.807) is 0 Å². The van der Waals surface area contributed by atoms with Gasteiger partial charge in [0.05, 0.1) is 13.2 Å². The van der Waals surface area contributed by atoms with E-state index >= 15 is 0 Å². The van der Waals surface area contributed by atoms with Gasteiger partial charge in [-0.05, 0) is 26.7 Å². The third-order valence-electron chi connectivity index (χ3n) is 4.06. The molecule has 2 N–H and O–H groups in total. The summed E-state index contributed by atoms with van der Waals surface area (Å²) in [7, 11) is 0. The molecule has 19 heavy (non-hydrogen) atoms. The van der Waals surface area contributed by atoms with Crippen LogP contribution in [0.2, 0.25) is 0 Å². The highest BCUT2D eigenvalue weighted by Crippen LogP contribution is 2.13. The number of piperidine rings is 1. The molecule has 2 fully saturated rings. The third kappa shape index (κ3) is 4.75. The summed E-state index contributed by atoms with van der Waals surface area (Å²) in [5.74, 6) is 0.158. The van der Waals surface area contributed by atoms with Crippen LogP contribution in [0, 0.1) is 0 Å². The molecule has 2 rings (SSSR count). The minimum atomic E-state index is 0.158. The maximum Gasteiger partial charge on any atom is 0.221 e. The molecular formula is C14H27N3O2. The number of hydrogen-bond donors (Lipinski definition) is 2. The van der Waals surface area contributed by atoms with Crippen LogP contribution in [0.4, 0.5) is 0 Å². The lowest BCUT2D eigenvalue weighted by molar-refractivity contribution is -0.123. The van der Waals surface area contributed by atoms with Gasteiger partial charge in [0.2, 0.25) is 5.91 Å². The lowest BCUT2D eigenvalue weighted by Gasteiger charge is -2.35. The van der Waals surface area contributed by atoms with E-state index in [0.717, 1.165) is 39.1 Å². The van der Waals surface area contributed by atoms with Gasteiger partial charge in [-0.15, -0.1) is 0 Å². The molecular weight excluding hydrogens is 242 g/mol. The standard InChI is InChI=1S/C14H27N3O2/c1-11(2)17-6-3-12(4-7-17)16-14(18)9-13-10-19-8-5-15-13/h11-13,15H,3-10H2,1-2H3,(H,16,18). The highest BCUT2D eigenvalue weighted by molar-refractivity contribution is 5.76. The molecule has 2 aliphatic heterocycles. The third-order valence-corrected chi connectivity index (χ3v) is 4.06. The second-order valence-electron chi connectivity index (χ2n) is 5.90. The highest BCUT2D eigenvalue weighted by Gasteiger charge is 2.23. The highest BCUT2D eigenvalue weighted by atomic mass is 16.5. The molecule has 2 heterocycles. The zero-order valence-corrected chi connectivity index (χ0v) is 12.2. The van der Waals surface area contributed by atoms with Crippen molar-refractivity contribution in [3.63, 3.8) is 0 Å². The van der Waals surface area contributed by atoms with Gasteiger partial charge < -0.3 is 20.3 Å². The van der Waals surface area contributed by atoms with Gasteiger partial charge in [0.15, 0.2) is 0 Å². The number of morpholine rings is 1. The maximum atomic E-state index is 12.0. The predicted molar refractivity (Wildman–Crippen MR) is 75.1 cm³/mol. The van der Waals surface area contributed by atoms with Gasteiger partial charge in [-0.25, -0.2) is 0 Å². The Morgan fingerprint density at radius 3 is 2.74 bits per heavy atom. The van der Waals surface area contributed by atoms with Crippen LogP contribution in [0.5, 0.6) is 0 Å². The topological polar surface area (TPSA) is 53.6 Å². The van der Waals surface area contributed by atoms with E-state index in [-0.39, 0.29) is 11.9 Å². The zero-order chi connectivity index (χ0) is 13.7. The summed E-state index contributed by atoms with van der Waals surface area (Å²) in [6.07, 6.45) is 2.67. The summed E-state index contributed by atoms with van der Waals surface area (Å²) in [4.78, 5) is 14.4. The molecule has 0 spiro atoms. The second kappa shape index (κ2) is 7.22. The van der Waals surface area contributed by atoms with Crippen LogP contribution in [0.1, 0.15) is 33.1 Å². The van der Waals surface area contributed by atoms with Crippen LogP contribution in [-0.4, -0.2) is 61.8 Å². The van der Waals surface area contributed by atoms with Crippen molar-refractivity contribution in [1.29, 1.82) is 0 Å². The fourth-order valence-corrected chi connectivity index (χ4v) is 2.82. The number of nitrogens with one attached hydrogen (secondary N) is 2. The average Bonchev–Trinajstić information content (AvgIpc) is 2.40. The Hall–Kier alpha value is -0.650. The number of carbonyl (C=O) groups excluding carboxylic acids is 1. The number of hydrogen-bond acceptors (Lipinski definition) is 4. The fraction of sp³-hybridized carbons (Fsp3) is 0.929. The summed E-state index contributed by atoms with van der Waals surface area (Å²) >= 11 is 0. The van der Waals surface area contributed by atoms with Crippen LogP contribution in [0.3, 0.4) is 0 Å². The Labute approximate surface area is 116 Å². The first-order valence-electron chi connectivity index (χ1n) is 7.49. The quantitative estimate of drug-likeness (QED) is 0.773. The van der Waals surface area contributed by atoms with Crippen molar-refractivity contribution in [1.82, 2.24) is 15.5 Å². The van der Waals surface area contributed by atoms with Gasteiger partial charge >= 0.3 is 0 Å². The zero-order valence-electron chi connectivity index (χ0n) is 12.2. The molecule has 2 saturated heterocycles. The number of ether oxygens (including phenoxy) is 1. The SMILES string of the molecule is CC(C)N1CCC(NC(=O)CC2COCCN2)CC1. The molecule has 2 aliphatic rings. The van der Waals surface area contributed by atoms with Crippen LogP contribution in [-0.2, 0) is 9.53 Å². The average molecular weight is 269 g/mol. The van der Waals surface area contributed by atoms with Crippen molar-refractivity contribution in [3.8, 4) is 0 Å². The molecule has 0 aromatic heterocycles. The van der Waals surface area contributed by atoms with Gasteiger partial charge in [0.25, 0.3) is 0 Å².